The van der Waals surface area contributed by atoms with E-state index in [0.29, 0.717) is 6.42 Å². The molecule has 0 aromatic heterocycles. The first-order valence-corrected chi connectivity index (χ1v) is 13.4. The van der Waals surface area contributed by atoms with Crippen molar-refractivity contribution < 1.29 is 49.1 Å². The van der Waals surface area contributed by atoms with Crippen LogP contribution in [-0.4, -0.2) is 69.2 Å². The third kappa shape index (κ3) is 18.4. The predicted molar refractivity (Wildman–Crippen MR) is 137 cm³/mol. The maximum absolute atomic E-state index is 12.3. The minimum atomic E-state index is -2.62. The number of unbranched alkanes of at least 4 members (excludes halogenated alkanes) is 11. The van der Waals surface area contributed by atoms with Crippen molar-refractivity contribution in [3.8, 4) is 0 Å². The number of rotatable bonds is 24. The van der Waals surface area contributed by atoms with E-state index < -0.39 is 61.6 Å². The number of aliphatic hydroxyl groups excluding tert-OH is 2. The molecule has 2 atom stereocenters. The highest BCUT2D eigenvalue weighted by Crippen LogP contribution is 2.24. The molecule has 0 aromatic rings. The molecular formula is C27H46O10. The second-order valence-electron chi connectivity index (χ2n) is 9.37. The molecule has 4 N–H and O–H groups in total. The van der Waals surface area contributed by atoms with Gasteiger partial charge in [-0.25, -0.2) is 4.79 Å². The Morgan fingerprint density at radius 2 is 1.32 bits per heavy atom. The molecule has 0 amide bonds. The monoisotopic (exact) mass is 530 g/mol. The SMILES string of the molecule is CCCCCCCC/C=C\CCCCCCCC(=O)OC(CC(=O)O)(CC(=O)OCC(O)CO)C(=O)O. The van der Waals surface area contributed by atoms with Gasteiger partial charge in [-0.1, -0.05) is 70.4 Å². The van der Waals surface area contributed by atoms with Crippen molar-refractivity contribution in [1.29, 1.82) is 0 Å². The van der Waals surface area contributed by atoms with Crippen LogP contribution < -0.4 is 0 Å². The summed E-state index contributed by atoms with van der Waals surface area (Å²) in [6.07, 6.45) is 14.8. The zero-order chi connectivity index (χ0) is 27.9. The van der Waals surface area contributed by atoms with Crippen LogP contribution in [0.5, 0.6) is 0 Å². The van der Waals surface area contributed by atoms with Crippen LogP contribution in [0.25, 0.3) is 0 Å². The van der Waals surface area contributed by atoms with Crippen LogP contribution in [0.4, 0.5) is 0 Å². The summed E-state index contributed by atoms with van der Waals surface area (Å²) in [4.78, 5) is 47.3. The standard InChI is InChI=1S/C27H46O10/c1-2-3-4-5-6-7-8-9-10-11-12-13-14-15-16-17-24(32)37-27(26(34)35,18-23(30)31)19-25(33)36-21-22(29)20-28/h9-10,22,28-29H,2-8,11-21H2,1H3,(H,30,31)(H,34,35)/b10-9-. The fraction of sp³-hybridized carbons (Fsp3) is 0.778. The molecule has 0 saturated heterocycles. The molecule has 0 heterocycles. The molecule has 0 aliphatic carbocycles. The van der Waals surface area contributed by atoms with E-state index in [4.69, 9.17) is 14.9 Å². The topological polar surface area (TPSA) is 168 Å². The van der Waals surface area contributed by atoms with Crippen LogP contribution in [0, 0.1) is 0 Å². The van der Waals surface area contributed by atoms with Crippen molar-refractivity contribution in [1.82, 2.24) is 0 Å². The van der Waals surface area contributed by atoms with Crippen molar-refractivity contribution in [3.05, 3.63) is 12.2 Å². The Labute approximate surface area is 220 Å². The van der Waals surface area contributed by atoms with Gasteiger partial charge in [-0.05, 0) is 32.1 Å². The number of carbonyl (C=O) groups excluding carboxylic acids is 2. The van der Waals surface area contributed by atoms with E-state index >= 15 is 0 Å². The molecule has 0 fully saturated rings. The lowest BCUT2D eigenvalue weighted by molar-refractivity contribution is -0.187. The molecule has 0 spiro atoms. The number of carboxylic acids is 2. The van der Waals surface area contributed by atoms with E-state index in [1.807, 2.05) is 0 Å². The first kappa shape index (κ1) is 34.5. The zero-order valence-electron chi connectivity index (χ0n) is 22.2. The second kappa shape index (κ2) is 21.6. The molecule has 0 bridgehead atoms. The van der Waals surface area contributed by atoms with Gasteiger partial charge in [0, 0.05) is 6.42 Å². The van der Waals surface area contributed by atoms with Gasteiger partial charge in [-0.3, -0.25) is 14.4 Å². The fourth-order valence-corrected chi connectivity index (χ4v) is 3.71. The minimum Gasteiger partial charge on any atom is -0.481 e. The average molecular weight is 531 g/mol. The molecule has 0 rings (SSSR count). The molecule has 0 saturated carbocycles. The van der Waals surface area contributed by atoms with Crippen LogP contribution in [-0.2, 0) is 28.7 Å². The van der Waals surface area contributed by atoms with Crippen molar-refractivity contribution in [2.75, 3.05) is 13.2 Å². The maximum Gasteiger partial charge on any atom is 0.349 e. The van der Waals surface area contributed by atoms with E-state index in [1.54, 1.807) is 0 Å². The zero-order valence-corrected chi connectivity index (χ0v) is 22.2. The van der Waals surface area contributed by atoms with E-state index in [0.717, 1.165) is 38.5 Å². The van der Waals surface area contributed by atoms with Gasteiger partial charge in [-0.2, -0.15) is 0 Å². The van der Waals surface area contributed by atoms with Gasteiger partial charge >= 0.3 is 23.9 Å². The third-order valence-electron chi connectivity index (χ3n) is 5.86. The highest BCUT2D eigenvalue weighted by atomic mass is 16.6. The summed E-state index contributed by atoms with van der Waals surface area (Å²) in [7, 11) is 0. The number of hydrogen-bond acceptors (Lipinski definition) is 8. The highest BCUT2D eigenvalue weighted by molar-refractivity contribution is 5.91. The average Bonchev–Trinajstić information content (AvgIpc) is 2.84. The Bertz CT molecular complexity index is 691. The van der Waals surface area contributed by atoms with E-state index in [2.05, 4.69) is 23.8 Å². The summed E-state index contributed by atoms with van der Waals surface area (Å²) in [5.74, 6) is -5.44. The van der Waals surface area contributed by atoms with Crippen LogP contribution in [0.3, 0.4) is 0 Å². The van der Waals surface area contributed by atoms with Gasteiger partial charge in [0.15, 0.2) is 0 Å². The number of aliphatic carboxylic acids is 2. The lowest BCUT2D eigenvalue weighted by Gasteiger charge is -2.27. The molecule has 37 heavy (non-hydrogen) atoms. The summed E-state index contributed by atoms with van der Waals surface area (Å²) in [5.41, 5.74) is -2.62. The molecule has 2 unspecified atom stereocenters. The number of esters is 2. The lowest BCUT2D eigenvalue weighted by Crippen LogP contribution is -2.47. The Kier molecular flexibility index (Phi) is 20.2. The first-order valence-electron chi connectivity index (χ1n) is 13.4. The van der Waals surface area contributed by atoms with Crippen LogP contribution in [0.2, 0.25) is 0 Å². The quantitative estimate of drug-likeness (QED) is 0.0808. The molecule has 0 aromatic carbocycles. The summed E-state index contributed by atoms with van der Waals surface area (Å²) >= 11 is 0. The van der Waals surface area contributed by atoms with Gasteiger partial charge < -0.3 is 29.9 Å². The molecule has 10 nitrogen and oxygen atoms in total. The van der Waals surface area contributed by atoms with Gasteiger partial charge in [0.25, 0.3) is 0 Å². The van der Waals surface area contributed by atoms with Crippen LogP contribution in [0.1, 0.15) is 110 Å². The first-order chi connectivity index (χ1) is 17.7. The van der Waals surface area contributed by atoms with Crippen molar-refractivity contribution in [2.24, 2.45) is 0 Å². The minimum absolute atomic E-state index is 0.106. The number of hydrogen-bond donors (Lipinski definition) is 4. The number of aliphatic hydroxyl groups is 2. The molecule has 214 valence electrons. The van der Waals surface area contributed by atoms with Gasteiger partial charge in [0.05, 0.1) is 19.4 Å². The lowest BCUT2D eigenvalue weighted by atomic mass is 9.95. The van der Waals surface area contributed by atoms with Gasteiger partial charge in [0.1, 0.15) is 12.7 Å². The smallest absolute Gasteiger partial charge is 0.349 e. The third-order valence-corrected chi connectivity index (χ3v) is 5.86. The van der Waals surface area contributed by atoms with Gasteiger partial charge in [0.2, 0.25) is 5.60 Å². The van der Waals surface area contributed by atoms with E-state index in [-0.39, 0.29) is 6.42 Å². The van der Waals surface area contributed by atoms with Crippen molar-refractivity contribution >= 4 is 23.9 Å². The Morgan fingerprint density at radius 1 is 0.784 bits per heavy atom. The normalized spacial score (nSPS) is 13.7. The van der Waals surface area contributed by atoms with Crippen LogP contribution in [0.15, 0.2) is 12.2 Å². The maximum atomic E-state index is 12.3. The number of ether oxygens (including phenoxy) is 2. The summed E-state index contributed by atoms with van der Waals surface area (Å²) in [6, 6.07) is 0. The van der Waals surface area contributed by atoms with E-state index in [1.165, 1.54) is 38.5 Å². The van der Waals surface area contributed by atoms with Crippen molar-refractivity contribution in [3.63, 3.8) is 0 Å². The Morgan fingerprint density at radius 3 is 1.84 bits per heavy atom. The van der Waals surface area contributed by atoms with Gasteiger partial charge in [-0.15, -0.1) is 0 Å². The molecule has 0 aliphatic heterocycles. The second-order valence-corrected chi connectivity index (χ2v) is 9.37. The number of carboxylic acid groups (broad SMARTS) is 2. The summed E-state index contributed by atoms with van der Waals surface area (Å²) in [6.45, 7) is 0.922. The predicted octanol–water partition coefficient (Wildman–Crippen LogP) is 4.15. The summed E-state index contributed by atoms with van der Waals surface area (Å²) in [5, 5.41) is 36.7. The Hall–Kier alpha value is -2.46. The molecule has 0 aliphatic rings. The number of carbonyl (C=O) groups is 4. The number of allylic oxidation sites excluding steroid dienone is 2. The van der Waals surface area contributed by atoms with Crippen molar-refractivity contribution in [2.45, 2.75) is 121 Å². The Balaban J connectivity index is 4.30. The molecular weight excluding hydrogens is 484 g/mol. The van der Waals surface area contributed by atoms with Crippen LogP contribution >= 0.6 is 0 Å². The molecule has 0 radical (unpaired) electrons. The summed E-state index contributed by atoms with van der Waals surface area (Å²) < 4.78 is 9.64. The highest BCUT2D eigenvalue weighted by Gasteiger charge is 2.47. The fourth-order valence-electron chi connectivity index (χ4n) is 3.71. The largest absolute Gasteiger partial charge is 0.481 e. The molecule has 10 heteroatoms. The van der Waals surface area contributed by atoms with E-state index in [9.17, 15) is 29.4 Å².